The van der Waals surface area contributed by atoms with Crippen LogP contribution in [0.1, 0.15) is 32.2 Å². The highest BCUT2D eigenvalue weighted by molar-refractivity contribution is 7.18. The van der Waals surface area contributed by atoms with Crippen LogP contribution in [0.15, 0.2) is 24.3 Å². The number of hydrogen-bond acceptors (Lipinski definition) is 4. The predicted molar refractivity (Wildman–Crippen MR) is 86.2 cm³/mol. The summed E-state index contributed by atoms with van der Waals surface area (Å²) in [5.41, 5.74) is 1.33. The molecule has 1 N–H and O–H groups in total. The summed E-state index contributed by atoms with van der Waals surface area (Å²) in [6, 6.07) is 9.04. The van der Waals surface area contributed by atoms with E-state index >= 15 is 0 Å². The van der Waals surface area contributed by atoms with Gasteiger partial charge in [-0.05, 0) is 32.4 Å². The second-order valence-corrected chi connectivity index (χ2v) is 7.42. The highest BCUT2D eigenvalue weighted by atomic mass is 32.1. The van der Waals surface area contributed by atoms with E-state index in [0.717, 1.165) is 25.2 Å². The van der Waals surface area contributed by atoms with Crippen molar-refractivity contribution < 1.29 is 0 Å². The zero-order chi connectivity index (χ0) is 14.2. The van der Waals surface area contributed by atoms with E-state index in [4.69, 9.17) is 4.98 Å². The molecule has 2 aromatic rings. The van der Waals surface area contributed by atoms with Crippen molar-refractivity contribution in [1.29, 1.82) is 0 Å². The molecule has 0 bridgehead atoms. The molecule has 3 nitrogen and oxygen atoms in total. The number of thiazole rings is 1. The van der Waals surface area contributed by atoms with Crippen molar-refractivity contribution in [1.82, 2.24) is 15.2 Å². The van der Waals surface area contributed by atoms with Crippen LogP contribution < -0.4 is 5.32 Å². The molecule has 0 saturated carbocycles. The minimum Gasteiger partial charge on any atom is -0.309 e. The molecule has 2 heterocycles. The van der Waals surface area contributed by atoms with E-state index < -0.39 is 0 Å². The van der Waals surface area contributed by atoms with Crippen molar-refractivity contribution in [2.75, 3.05) is 13.1 Å². The first-order valence-electron chi connectivity index (χ1n) is 7.41. The maximum atomic E-state index is 4.78. The molecule has 0 amide bonds. The Morgan fingerprint density at radius 3 is 2.95 bits per heavy atom. The lowest BCUT2D eigenvalue weighted by Gasteiger charge is -2.44. The van der Waals surface area contributed by atoms with Gasteiger partial charge in [0.2, 0.25) is 0 Å². The van der Waals surface area contributed by atoms with Gasteiger partial charge in [-0.3, -0.25) is 4.90 Å². The monoisotopic (exact) mass is 289 g/mol. The fourth-order valence-electron chi connectivity index (χ4n) is 2.96. The smallest absolute Gasteiger partial charge is 0.108 e. The highest BCUT2D eigenvalue weighted by Gasteiger charge is 2.31. The number of nitrogens with one attached hydrogen (secondary N) is 1. The molecular weight excluding hydrogens is 266 g/mol. The maximum Gasteiger partial charge on any atom is 0.108 e. The molecule has 1 atom stereocenters. The number of nitrogens with zero attached hydrogens (tertiary/aromatic N) is 2. The molecule has 3 rings (SSSR count). The van der Waals surface area contributed by atoms with E-state index in [-0.39, 0.29) is 5.54 Å². The normalized spacial score (nSPS) is 23.2. The molecule has 1 fully saturated rings. The van der Waals surface area contributed by atoms with Crippen LogP contribution in [0.25, 0.3) is 10.2 Å². The molecule has 1 saturated heterocycles. The Kier molecular flexibility index (Phi) is 3.80. The number of para-hydroxylation sites is 1. The van der Waals surface area contributed by atoms with E-state index in [0.29, 0.717) is 6.04 Å². The molecule has 20 heavy (non-hydrogen) atoms. The summed E-state index contributed by atoms with van der Waals surface area (Å²) in [7, 11) is 0. The topological polar surface area (TPSA) is 28.2 Å². The summed E-state index contributed by atoms with van der Waals surface area (Å²) in [5, 5.41) is 4.88. The average molecular weight is 289 g/mol. The lowest BCUT2D eigenvalue weighted by atomic mass is 9.98. The molecule has 108 valence electrons. The molecule has 0 radical (unpaired) electrons. The van der Waals surface area contributed by atoms with Gasteiger partial charge in [0.05, 0.1) is 16.8 Å². The number of piperazine rings is 1. The Balaban J connectivity index is 1.80. The van der Waals surface area contributed by atoms with Crippen LogP contribution in [0.4, 0.5) is 0 Å². The van der Waals surface area contributed by atoms with Crippen LogP contribution in [0, 0.1) is 0 Å². The summed E-state index contributed by atoms with van der Waals surface area (Å²) in [6.45, 7) is 9.98. The van der Waals surface area contributed by atoms with Crippen molar-refractivity contribution >= 4 is 21.6 Å². The van der Waals surface area contributed by atoms with Gasteiger partial charge >= 0.3 is 0 Å². The molecule has 1 unspecified atom stereocenters. The molecule has 4 heteroatoms. The SMILES string of the molecule is CCC1CNC(C)(C)CN1Cc1nc2ccccc2s1. The Hall–Kier alpha value is -0.970. The van der Waals surface area contributed by atoms with Gasteiger partial charge in [0, 0.05) is 24.7 Å². The fraction of sp³-hybridized carbons (Fsp3) is 0.562. The molecule has 1 aromatic heterocycles. The van der Waals surface area contributed by atoms with Crippen molar-refractivity contribution in [3.63, 3.8) is 0 Å². The Morgan fingerprint density at radius 2 is 2.20 bits per heavy atom. The van der Waals surface area contributed by atoms with Gasteiger partial charge in [-0.2, -0.15) is 0 Å². The van der Waals surface area contributed by atoms with Crippen LogP contribution in [0.5, 0.6) is 0 Å². The second-order valence-electron chi connectivity index (χ2n) is 6.31. The number of hydrogen-bond donors (Lipinski definition) is 1. The van der Waals surface area contributed by atoms with Crippen LogP contribution >= 0.6 is 11.3 Å². The van der Waals surface area contributed by atoms with E-state index in [1.54, 1.807) is 0 Å². The van der Waals surface area contributed by atoms with Crippen LogP contribution in [-0.4, -0.2) is 34.6 Å². The van der Waals surface area contributed by atoms with Gasteiger partial charge in [0.1, 0.15) is 5.01 Å². The van der Waals surface area contributed by atoms with Crippen molar-refractivity contribution in [3.8, 4) is 0 Å². The Labute approximate surface area is 125 Å². The zero-order valence-electron chi connectivity index (χ0n) is 12.5. The van der Waals surface area contributed by atoms with Gasteiger partial charge in [-0.1, -0.05) is 19.1 Å². The third kappa shape index (κ3) is 2.87. The summed E-state index contributed by atoms with van der Waals surface area (Å²) >= 11 is 1.83. The second kappa shape index (κ2) is 5.43. The third-order valence-corrected chi connectivity index (χ3v) is 5.10. The number of fused-ring (bicyclic) bond motifs is 1. The van der Waals surface area contributed by atoms with E-state index in [2.05, 4.69) is 55.3 Å². The number of benzene rings is 1. The van der Waals surface area contributed by atoms with E-state index in [9.17, 15) is 0 Å². The minimum absolute atomic E-state index is 0.197. The first kappa shape index (κ1) is 14.0. The van der Waals surface area contributed by atoms with Crippen LogP contribution in [0.3, 0.4) is 0 Å². The third-order valence-electron chi connectivity index (χ3n) is 4.08. The fourth-order valence-corrected chi connectivity index (χ4v) is 3.96. The average Bonchev–Trinajstić information content (AvgIpc) is 2.80. The molecule has 1 aliphatic heterocycles. The summed E-state index contributed by atoms with van der Waals surface area (Å²) < 4.78 is 1.30. The van der Waals surface area contributed by atoms with E-state index in [1.807, 2.05) is 11.3 Å². The minimum atomic E-state index is 0.197. The van der Waals surface area contributed by atoms with Crippen molar-refractivity contribution in [2.24, 2.45) is 0 Å². The van der Waals surface area contributed by atoms with Gasteiger partial charge in [0.15, 0.2) is 0 Å². The summed E-state index contributed by atoms with van der Waals surface area (Å²) in [5.74, 6) is 0. The quantitative estimate of drug-likeness (QED) is 0.940. The molecule has 0 aliphatic carbocycles. The van der Waals surface area contributed by atoms with Gasteiger partial charge < -0.3 is 5.32 Å². The first-order valence-corrected chi connectivity index (χ1v) is 8.22. The lowest BCUT2D eigenvalue weighted by molar-refractivity contribution is 0.0858. The molecular formula is C16H23N3S. The predicted octanol–water partition coefficient (Wildman–Crippen LogP) is 3.26. The van der Waals surface area contributed by atoms with Gasteiger partial charge in [-0.15, -0.1) is 11.3 Å². The zero-order valence-corrected chi connectivity index (χ0v) is 13.3. The Bertz CT molecular complexity index is 557. The van der Waals surface area contributed by atoms with Crippen LogP contribution in [-0.2, 0) is 6.54 Å². The highest BCUT2D eigenvalue weighted by Crippen LogP contribution is 2.25. The Morgan fingerprint density at radius 1 is 1.40 bits per heavy atom. The lowest BCUT2D eigenvalue weighted by Crippen LogP contribution is -2.60. The van der Waals surface area contributed by atoms with E-state index in [1.165, 1.54) is 16.1 Å². The number of aromatic nitrogens is 1. The van der Waals surface area contributed by atoms with Crippen LogP contribution in [0.2, 0.25) is 0 Å². The largest absolute Gasteiger partial charge is 0.309 e. The summed E-state index contributed by atoms with van der Waals surface area (Å²) in [6.07, 6.45) is 1.19. The maximum absolute atomic E-state index is 4.78. The molecule has 1 aromatic carbocycles. The van der Waals surface area contributed by atoms with Crippen molar-refractivity contribution in [3.05, 3.63) is 29.3 Å². The first-order chi connectivity index (χ1) is 9.57. The van der Waals surface area contributed by atoms with Gasteiger partial charge in [0.25, 0.3) is 0 Å². The molecule has 1 aliphatic rings. The van der Waals surface area contributed by atoms with Crippen molar-refractivity contribution in [2.45, 2.75) is 45.3 Å². The standard InChI is InChI=1S/C16H23N3S/c1-4-12-9-17-16(2,3)11-19(12)10-15-18-13-7-5-6-8-14(13)20-15/h5-8,12,17H,4,9-11H2,1-3H3. The molecule has 0 spiro atoms. The van der Waals surface area contributed by atoms with Gasteiger partial charge in [-0.25, -0.2) is 4.98 Å². The number of rotatable bonds is 3. The summed E-state index contributed by atoms with van der Waals surface area (Å²) in [4.78, 5) is 7.37.